The van der Waals surface area contributed by atoms with Crippen molar-refractivity contribution in [2.45, 2.75) is 52.3 Å². The number of aliphatic hydroxyl groups excluding tert-OH is 1. The number of aliphatic hydroxyl groups is 1. The van der Waals surface area contributed by atoms with Gasteiger partial charge >= 0.3 is 12.4 Å². The van der Waals surface area contributed by atoms with Crippen LogP contribution in [0, 0.1) is 47.9 Å². The van der Waals surface area contributed by atoms with Gasteiger partial charge < -0.3 is 14.8 Å². The molecular weight excluding hydrogens is 802 g/mol. The summed E-state index contributed by atoms with van der Waals surface area (Å²) in [5, 5.41) is 30.0. The van der Waals surface area contributed by atoms with Crippen LogP contribution in [0.4, 0.5) is 37.7 Å². The molecule has 0 bridgehead atoms. The number of aryl methyl sites for hydroxylation is 4. The normalized spacial score (nSPS) is 12.4. The topological polar surface area (TPSA) is 161 Å². The number of nitrogens with zero attached hydrogens (tertiary/aromatic N) is 3. The monoisotopic (exact) mass is 826 g/mol. The Labute approximate surface area is 290 Å². The van der Waals surface area contributed by atoms with E-state index in [9.17, 15) is 51.4 Å². The molecule has 0 saturated heterocycles. The molecule has 0 amide bonds. The van der Waals surface area contributed by atoms with E-state index in [4.69, 9.17) is 9.84 Å². The third-order valence-electron chi connectivity index (χ3n) is 6.28. The van der Waals surface area contributed by atoms with Crippen molar-refractivity contribution in [1.29, 1.82) is 0 Å². The highest BCUT2D eigenvalue weighted by Gasteiger charge is 2.44. The molecule has 2 unspecified atom stereocenters. The Bertz CT molecular complexity index is 1840. The van der Waals surface area contributed by atoms with Crippen LogP contribution in [0.3, 0.4) is 0 Å². The third-order valence-corrected chi connectivity index (χ3v) is 7.43. The van der Waals surface area contributed by atoms with E-state index in [1.807, 2.05) is 0 Å². The molecule has 11 nitrogen and oxygen atoms in total. The van der Waals surface area contributed by atoms with E-state index >= 15 is 0 Å². The summed E-state index contributed by atoms with van der Waals surface area (Å²) in [6.07, 6.45) is -13.9. The van der Waals surface area contributed by atoms with Crippen LogP contribution in [0.15, 0.2) is 74.4 Å². The van der Waals surface area contributed by atoms with Gasteiger partial charge in [-0.15, -0.1) is 0 Å². The summed E-state index contributed by atoms with van der Waals surface area (Å²) in [4.78, 5) is 37.0. The zero-order valence-electron chi connectivity index (χ0n) is 25.7. The first kappa shape index (κ1) is 40.8. The predicted octanol–water partition coefficient (Wildman–Crippen LogP) is 9.00. The van der Waals surface area contributed by atoms with Crippen molar-refractivity contribution >= 4 is 43.2 Å². The van der Waals surface area contributed by atoms with Gasteiger partial charge in [-0.3, -0.25) is 25.0 Å². The summed E-state index contributed by atoms with van der Waals surface area (Å²) >= 11 is 5.87. The third kappa shape index (κ3) is 11.9. The molecule has 2 atom stereocenters. The van der Waals surface area contributed by atoms with Gasteiger partial charge in [0.1, 0.15) is 5.69 Å². The van der Waals surface area contributed by atoms with Crippen molar-refractivity contribution in [2.24, 2.45) is 0 Å². The van der Waals surface area contributed by atoms with E-state index in [1.54, 1.807) is 26.0 Å². The lowest BCUT2D eigenvalue weighted by atomic mass is 10.1. The lowest BCUT2D eigenvalue weighted by Crippen LogP contribution is -2.26. The van der Waals surface area contributed by atoms with E-state index in [1.165, 1.54) is 56.3 Å². The molecule has 0 spiro atoms. The number of nitrogens with one attached hydrogen (secondary N) is 1. The molecule has 0 aliphatic carbocycles. The molecule has 49 heavy (non-hydrogen) atoms. The lowest BCUT2D eigenvalue weighted by Gasteiger charge is -2.22. The van der Waals surface area contributed by atoms with E-state index < -0.39 is 34.4 Å². The zero-order chi connectivity index (χ0) is 37.4. The van der Waals surface area contributed by atoms with Crippen LogP contribution < -0.4 is 10.3 Å². The number of pyridine rings is 2. The average molecular weight is 828 g/mol. The molecule has 19 heteroatoms. The van der Waals surface area contributed by atoms with Crippen molar-refractivity contribution in [1.82, 2.24) is 9.97 Å². The maximum Gasteiger partial charge on any atom is 0.429 e. The maximum atomic E-state index is 13.4. The minimum Gasteiger partial charge on any atom is -0.459 e. The van der Waals surface area contributed by atoms with Crippen molar-refractivity contribution in [3.05, 3.63) is 134 Å². The molecule has 2 aromatic heterocycles. The molecule has 4 aromatic rings. The molecule has 2 heterocycles. The molecule has 0 fully saturated rings. The average Bonchev–Trinajstić information content (AvgIpc) is 2.99. The lowest BCUT2D eigenvalue weighted by molar-refractivity contribution is -0.386. The van der Waals surface area contributed by atoms with Crippen LogP contribution >= 0.6 is 31.9 Å². The van der Waals surface area contributed by atoms with Crippen LogP contribution in [0.2, 0.25) is 0 Å². The Hall–Kier alpha value is -4.36. The second-order valence-electron chi connectivity index (χ2n) is 10.2. The molecule has 0 saturated carbocycles. The quantitative estimate of drug-likeness (QED) is 0.111. The van der Waals surface area contributed by atoms with Crippen molar-refractivity contribution in [3.63, 3.8) is 0 Å². The summed E-state index contributed by atoms with van der Waals surface area (Å²) in [6.45, 7) is 6.33. The number of alkyl halides is 6. The fraction of sp³-hybridized carbons (Fsp3) is 0.267. The zero-order valence-corrected chi connectivity index (χ0v) is 28.9. The van der Waals surface area contributed by atoms with E-state index in [2.05, 4.69) is 41.8 Å². The van der Waals surface area contributed by atoms with Gasteiger partial charge in [-0.05, 0) is 65.1 Å². The van der Waals surface area contributed by atoms with Crippen molar-refractivity contribution < 1.29 is 46.0 Å². The molecule has 4 rings (SSSR count). The first-order valence-electron chi connectivity index (χ1n) is 13.5. The highest BCUT2D eigenvalue weighted by molar-refractivity contribution is 9.10. The molecular formula is C30H26Br2F6N4O7. The maximum absolute atomic E-state index is 13.4. The highest BCUT2D eigenvalue weighted by Crippen LogP contribution is 2.39. The number of aromatic nitrogens is 2. The summed E-state index contributed by atoms with van der Waals surface area (Å²) in [5.74, 6) is -0.360. The van der Waals surface area contributed by atoms with Gasteiger partial charge in [0, 0.05) is 17.7 Å². The van der Waals surface area contributed by atoms with Crippen LogP contribution in [0.5, 0.6) is 5.88 Å². The predicted molar refractivity (Wildman–Crippen MR) is 172 cm³/mol. The molecule has 0 aliphatic rings. The Kier molecular flexibility index (Phi) is 14.0. The SMILES string of the molecule is Cc1[nH]c(=O)c(Br)cc1[N+](=O)[O-].Cc1ccc(C(O)C(F)(F)F)cc1.Cc1ccc(C(Oc2nc(C)c([N+](=O)[O-])cc2Br)C(F)(F)F)cc1. The van der Waals surface area contributed by atoms with Gasteiger partial charge in [0.05, 0.1) is 24.5 Å². The first-order chi connectivity index (χ1) is 22.5. The molecule has 0 radical (unpaired) electrons. The fourth-order valence-corrected chi connectivity index (χ4v) is 4.42. The van der Waals surface area contributed by atoms with Crippen LogP contribution in [0.25, 0.3) is 0 Å². The number of rotatable bonds is 6. The van der Waals surface area contributed by atoms with E-state index in [0.29, 0.717) is 0 Å². The summed E-state index contributed by atoms with van der Waals surface area (Å²) < 4.78 is 81.2. The number of H-pyrrole nitrogens is 1. The van der Waals surface area contributed by atoms with Crippen LogP contribution in [-0.2, 0) is 0 Å². The van der Waals surface area contributed by atoms with Gasteiger partial charge in [0.15, 0.2) is 6.10 Å². The van der Waals surface area contributed by atoms with Gasteiger partial charge in [0.25, 0.3) is 16.9 Å². The Morgan fingerprint density at radius 2 is 1.22 bits per heavy atom. The summed E-state index contributed by atoms with van der Waals surface area (Å²) in [7, 11) is 0. The number of aromatic amines is 1. The number of halogens is 8. The number of ether oxygens (including phenoxy) is 1. The number of hydrogen-bond donors (Lipinski definition) is 2. The summed E-state index contributed by atoms with van der Waals surface area (Å²) in [5.41, 5.74) is 0.906. The second-order valence-corrected chi connectivity index (χ2v) is 11.9. The smallest absolute Gasteiger partial charge is 0.429 e. The fourth-order valence-electron chi connectivity index (χ4n) is 3.71. The van der Waals surface area contributed by atoms with Crippen LogP contribution in [-0.4, -0.2) is 37.3 Å². The van der Waals surface area contributed by atoms with Crippen LogP contribution in [0.1, 0.15) is 45.8 Å². The molecule has 0 aliphatic heterocycles. The minimum absolute atomic E-state index is 0.0267. The van der Waals surface area contributed by atoms with E-state index in [-0.39, 0.29) is 54.3 Å². The van der Waals surface area contributed by atoms with Gasteiger partial charge in [-0.1, -0.05) is 59.7 Å². The Morgan fingerprint density at radius 1 is 0.776 bits per heavy atom. The van der Waals surface area contributed by atoms with Gasteiger partial charge in [0.2, 0.25) is 12.0 Å². The standard InChI is InChI=1S/C15H12BrF3N2O3.C9H9F3O.C6H5BrN2O3/c1-8-3-5-10(6-4-8)13(15(17,18)19)24-14-11(16)7-12(21(22)23)9(2)20-14;1-6-2-4-7(5-3-6)8(13)9(10,11)12;1-3-5(9(11)12)2-4(7)6(10)8-3/h3-7,13H,1-2H3;2-5,8,13H,1H3;2H,1H3,(H,8,10). The van der Waals surface area contributed by atoms with Crippen molar-refractivity contribution in [3.8, 4) is 5.88 Å². The number of hydrogen-bond acceptors (Lipinski definition) is 8. The largest absolute Gasteiger partial charge is 0.459 e. The number of nitro groups is 2. The molecule has 264 valence electrons. The molecule has 2 aromatic carbocycles. The van der Waals surface area contributed by atoms with Gasteiger partial charge in [-0.25, -0.2) is 4.98 Å². The summed E-state index contributed by atoms with van der Waals surface area (Å²) in [6, 6.07) is 13.6. The second kappa shape index (κ2) is 16.8. The Morgan fingerprint density at radius 3 is 1.65 bits per heavy atom. The Balaban J connectivity index is 0.000000281. The van der Waals surface area contributed by atoms with Crippen molar-refractivity contribution in [2.75, 3.05) is 0 Å². The minimum atomic E-state index is -4.67. The highest BCUT2D eigenvalue weighted by atomic mass is 79.9. The van der Waals surface area contributed by atoms with E-state index in [0.717, 1.165) is 17.2 Å². The number of benzene rings is 2. The first-order valence-corrected chi connectivity index (χ1v) is 15.1. The van der Waals surface area contributed by atoms with Gasteiger partial charge in [-0.2, -0.15) is 26.3 Å². The molecule has 2 N–H and O–H groups in total.